The molecular weight excluding hydrogens is 244 g/mol. The molecule has 0 aromatic carbocycles. The fourth-order valence-corrected chi connectivity index (χ4v) is 2.27. The average Bonchev–Trinajstić information content (AvgIpc) is 2.44. The molecule has 0 radical (unpaired) electrons. The minimum atomic E-state index is -0.931. The van der Waals surface area contributed by atoms with Crippen LogP contribution < -0.4 is 0 Å². The number of carboxylic acid groups (broad SMARTS) is 1. The van der Waals surface area contributed by atoms with Crippen molar-refractivity contribution in [2.45, 2.75) is 26.8 Å². The Labute approximate surface area is 112 Å². The molecule has 1 aliphatic heterocycles. The van der Waals surface area contributed by atoms with Crippen LogP contribution in [0.25, 0.3) is 0 Å². The molecule has 2 atom stereocenters. The van der Waals surface area contributed by atoms with E-state index >= 15 is 0 Å². The summed E-state index contributed by atoms with van der Waals surface area (Å²) in [5.74, 6) is -2.19. The predicted octanol–water partition coefficient (Wildman–Crippen LogP) is 1.32. The van der Waals surface area contributed by atoms with Gasteiger partial charge in [-0.15, -0.1) is 0 Å². The van der Waals surface area contributed by atoms with Gasteiger partial charge in [-0.2, -0.15) is 0 Å². The normalized spacial score (nSPS) is 17.5. The number of amides is 1. The Morgan fingerprint density at radius 3 is 2.79 bits per heavy atom. The third-order valence-electron chi connectivity index (χ3n) is 3.80. The van der Waals surface area contributed by atoms with Crippen LogP contribution >= 0.6 is 0 Å². The molecule has 1 aromatic rings. The zero-order chi connectivity index (χ0) is 14.0. The summed E-state index contributed by atoms with van der Waals surface area (Å²) in [6, 6.07) is 3.82. The van der Waals surface area contributed by atoms with Crippen molar-refractivity contribution in [3.8, 4) is 0 Å². The minimum Gasteiger partial charge on any atom is -0.481 e. The maximum Gasteiger partial charge on any atom is 0.307 e. The molecule has 1 N–H and O–H groups in total. The summed E-state index contributed by atoms with van der Waals surface area (Å²) >= 11 is 0. The molecule has 5 nitrogen and oxygen atoms in total. The van der Waals surface area contributed by atoms with Crippen LogP contribution in [-0.4, -0.2) is 33.4 Å². The van der Waals surface area contributed by atoms with E-state index in [1.54, 1.807) is 24.9 Å². The summed E-state index contributed by atoms with van der Waals surface area (Å²) in [5, 5.41) is 8.98. The molecule has 0 spiro atoms. The summed E-state index contributed by atoms with van der Waals surface area (Å²) in [4.78, 5) is 29.3. The van der Waals surface area contributed by atoms with Crippen molar-refractivity contribution >= 4 is 11.9 Å². The van der Waals surface area contributed by atoms with E-state index in [2.05, 4.69) is 4.98 Å². The van der Waals surface area contributed by atoms with E-state index in [1.807, 2.05) is 12.1 Å². The molecule has 1 aromatic heterocycles. The number of aromatic nitrogens is 1. The Morgan fingerprint density at radius 1 is 1.37 bits per heavy atom. The standard InChI is InChI=1S/C14H18N2O3/c1-9(10(2)14(18)19)13(17)16-7-5-12-11(8-16)4-3-6-15-12/h3-4,6,9-10H,5,7-8H2,1-2H3,(H,18,19). The first-order valence-electron chi connectivity index (χ1n) is 6.45. The van der Waals surface area contributed by atoms with Gasteiger partial charge in [-0.05, 0) is 11.6 Å². The van der Waals surface area contributed by atoms with Gasteiger partial charge in [0.25, 0.3) is 0 Å². The van der Waals surface area contributed by atoms with Crippen LogP contribution in [-0.2, 0) is 22.6 Å². The number of rotatable bonds is 3. The molecule has 5 heteroatoms. The predicted molar refractivity (Wildman–Crippen MR) is 69.3 cm³/mol. The first-order valence-corrected chi connectivity index (χ1v) is 6.45. The second kappa shape index (κ2) is 5.38. The highest BCUT2D eigenvalue weighted by atomic mass is 16.4. The van der Waals surface area contributed by atoms with E-state index in [0.29, 0.717) is 13.1 Å². The van der Waals surface area contributed by atoms with Crippen LogP contribution in [0, 0.1) is 11.8 Å². The Bertz CT molecular complexity index is 501. The molecule has 1 aliphatic rings. The molecular formula is C14H18N2O3. The maximum atomic E-state index is 12.3. The van der Waals surface area contributed by atoms with Crippen molar-refractivity contribution in [1.82, 2.24) is 9.88 Å². The zero-order valence-corrected chi connectivity index (χ0v) is 11.2. The molecule has 19 heavy (non-hydrogen) atoms. The van der Waals surface area contributed by atoms with Gasteiger partial charge in [0.15, 0.2) is 0 Å². The fraction of sp³-hybridized carbons (Fsp3) is 0.500. The first kappa shape index (κ1) is 13.5. The van der Waals surface area contributed by atoms with Gasteiger partial charge in [-0.1, -0.05) is 19.9 Å². The molecule has 0 fully saturated rings. The third kappa shape index (κ3) is 2.75. The van der Waals surface area contributed by atoms with Gasteiger partial charge in [0.2, 0.25) is 5.91 Å². The van der Waals surface area contributed by atoms with Crippen molar-refractivity contribution < 1.29 is 14.7 Å². The van der Waals surface area contributed by atoms with E-state index in [9.17, 15) is 9.59 Å². The Kier molecular flexibility index (Phi) is 3.83. The van der Waals surface area contributed by atoms with E-state index in [1.165, 1.54) is 0 Å². The molecule has 0 saturated heterocycles. The van der Waals surface area contributed by atoms with Crippen molar-refractivity contribution in [2.75, 3.05) is 6.54 Å². The number of pyridine rings is 1. The summed E-state index contributed by atoms with van der Waals surface area (Å²) in [6.45, 7) is 4.39. The summed E-state index contributed by atoms with van der Waals surface area (Å²) in [5.41, 5.74) is 2.09. The lowest BCUT2D eigenvalue weighted by Crippen LogP contribution is -2.42. The van der Waals surface area contributed by atoms with E-state index in [0.717, 1.165) is 17.7 Å². The average molecular weight is 262 g/mol. The van der Waals surface area contributed by atoms with Gasteiger partial charge < -0.3 is 10.0 Å². The first-order chi connectivity index (χ1) is 9.00. The van der Waals surface area contributed by atoms with Crippen LogP contribution in [0.1, 0.15) is 25.1 Å². The van der Waals surface area contributed by atoms with Crippen molar-refractivity contribution in [1.29, 1.82) is 0 Å². The highest BCUT2D eigenvalue weighted by Crippen LogP contribution is 2.21. The van der Waals surface area contributed by atoms with Gasteiger partial charge in [0.1, 0.15) is 0 Å². The lowest BCUT2D eigenvalue weighted by atomic mass is 9.93. The fourth-order valence-electron chi connectivity index (χ4n) is 2.27. The lowest BCUT2D eigenvalue weighted by molar-refractivity contribution is -0.149. The molecule has 102 valence electrons. The molecule has 1 amide bonds. The van der Waals surface area contributed by atoms with Crippen LogP contribution in [0.3, 0.4) is 0 Å². The van der Waals surface area contributed by atoms with Crippen LogP contribution in [0.4, 0.5) is 0 Å². The number of carbonyl (C=O) groups excluding carboxylic acids is 1. The number of fused-ring (bicyclic) bond motifs is 1. The number of aliphatic carboxylic acids is 1. The molecule has 0 saturated carbocycles. The third-order valence-corrected chi connectivity index (χ3v) is 3.80. The Balaban J connectivity index is 2.08. The maximum absolute atomic E-state index is 12.3. The highest BCUT2D eigenvalue weighted by Gasteiger charge is 2.31. The van der Waals surface area contributed by atoms with Gasteiger partial charge in [0.05, 0.1) is 5.92 Å². The van der Waals surface area contributed by atoms with Crippen LogP contribution in [0.5, 0.6) is 0 Å². The van der Waals surface area contributed by atoms with Crippen molar-refractivity contribution in [3.05, 3.63) is 29.6 Å². The number of nitrogens with zero attached hydrogens (tertiary/aromatic N) is 2. The molecule has 2 unspecified atom stereocenters. The molecule has 0 bridgehead atoms. The SMILES string of the molecule is CC(C(=O)O)C(C)C(=O)N1CCc2ncccc2C1. The molecule has 0 aliphatic carbocycles. The number of hydrogen-bond acceptors (Lipinski definition) is 3. The second-order valence-electron chi connectivity index (χ2n) is 5.03. The van der Waals surface area contributed by atoms with E-state index in [-0.39, 0.29) is 5.91 Å². The molecule has 2 heterocycles. The minimum absolute atomic E-state index is 0.0931. The van der Waals surface area contributed by atoms with Crippen LogP contribution in [0.15, 0.2) is 18.3 Å². The summed E-state index contributed by atoms with van der Waals surface area (Å²) < 4.78 is 0. The Hall–Kier alpha value is -1.91. The monoisotopic (exact) mass is 262 g/mol. The highest BCUT2D eigenvalue weighted by molar-refractivity contribution is 5.84. The Morgan fingerprint density at radius 2 is 2.11 bits per heavy atom. The number of hydrogen-bond donors (Lipinski definition) is 1. The zero-order valence-electron chi connectivity index (χ0n) is 11.2. The van der Waals surface area contributed by atoms with Crippen molar-refractivity contribution in [3.63, 3.8) is 0 Å². The summed E-state index contributed by atoms with van der Waals surface area (Å²) in [6.07, 6.45) is 2.49. The van der Waals surface area contributed by atoms with E-state index in [4.69, 9.17) is 5.11 Å². The van der Waals surface area contributed by atoms with Gasteiger partial charge >= 0.3 is 5.97 Å². The molecule has 2 rings (SSSR count). The van der Waals surface area contributed by atoms with Gasteiger partial charge in [0, 0.05) is 37.3 Å². The van der Waals surface area contributed by atoms with Gasteiger partial charge in [-0.3, -0.25) is 14.6 Å². The quantitative estimate of drug-likeness (QED) is 0.892. The summed E-state index contributed by atoms with van der Waals surface area (Å²) in [7, 11) is 0. The number of carbonyl (C=O) groups is 2. The largest absolute Gasteiger partial charge is 0.481 e. The van der Waals surface area contributed by atoms with E-state index < -0.39 is 17.8 Å². The van der Waals surface area contributed by atoms with Gasteiger partial charge in [-0.25, -0.2) is 0 Å². The van der Waals surface area contributed by atoms with Crippen LogP contribution in [0.2, 0.25) is 0 Å². The number of carboxylic acids is 1. The lowest BCUT2D eigenvalue weighted by Gasteiger charge is -2.31. The smallest absolute Gasteiger partial charge is 0.307 e. The van der Waals surface area contributed by atoms with Crippen molar-refractivity contribution in [2.24, 2.45) is 11.8 Å². The second-order valence-corrected chi connectivity index (χ2v) is 5.03. The topological polar surface area (TPSA) is 70.5 Å².